The van der Waals surface area contributed by atoms with E-state index in [1.165, 1.54) is 7.11 Å². The lowest BCUT2D eigenvalue weighted by Crippen LogP contribution is -2.09. The van der Waals surface area contributed by atoms with Crippen molar-refractivity contribution < 1.29 is 9.53 Å². The second-order valence-electron chi connectivity index (χ2n) is 3.96. The summed E-state index contributed by atoms with van der Waals surface area (Å²) in [5.74, 6) is 1.94. The van der Waals surface area contributed by atoms with Crippen LogP contribution in [0.15, 0.2) is 0 Å². The van der Waals surface area contributed by atoms with E-state index in [0.717, 1.165) is 37.4 Å². The highest BCUT2D eigenvalue weighted by Gasteiger charge is 2.19. The zero-order chi connectivity index (χ0) is 13.5. The van der Waals surface area contributed by atoms with Crippen molar-refractivity contribution in [3.05, 3.63) is 11.5 Å². The minimum Gasteiger partial charge on any atom is -0.464 e. The van der Waals surface area contributed by atoms with Crippen molar-refractivity contribution in [3.8, 4) is 0 Å². The maximum Gasteiger partial charge on any atom is 0.360 e. The first-order valence-electron chi connectivity index (χ1n) is 6.07. The number of hydrogen-bond acceptors (Lipinski definition) is 5. The Morgan fingerprint density at radius 1 is 1.50 bits per heavy atom. The number of anilines is 1. The third kappa shape index (κ3) is 3.41. The Morgan fingerprint density at radius 3 is 2.78 bits per heavy atom. The molecule has 0 atom stereocenters. The third-order valence-electron chi connectivity index (χ3n) is 2.76. The number of aromatic nitrogens is 2. The average molecular weight is 271 g/mol. The predicted molar refractivity (Wildman–Crippen MR) is 75.0 cm³/mol. The topological polar surface area (TPSA) is 70.1 Å². The first-order valence-corrected chi connectivity index (χ1v) is 7.47. The molecule has 1 rings (SSSR count). The van der Waals surface area contributed by atoms with Crippen molar-refractivity contribution in [1.29, 1.82) is 0 Å². The molecule has 0 saturated heterocycles. The van der Waals surface area contributed by atoms with E-state index in [1.54, 1.807) is 0 Å². The van der Waals surface area contributed by atoms with Gasteiger partial charge in [0.05, 0.1) is 7.11 Å². The number of esters is 1. The molecule has 5 nitrogen and oxygen atoms in total. The summed E-state index contributed by atoms with van der Waals surface area (Å²) in [6.07, 6.45) is 5.02. The summed E-state index contributed by atoms with van der Waals surface area (Å²) in [4.78, 5) is 15.8. The quantitative estimate of drug-likeness (QED) is 0.606. The summed E-state index contributed by atoms with van der Waals surface area (Å²) >= 11 is 1.83. The molecule has 0 radical (unpaired) electrons. The highest BCUT2D eigenvalue weighted by atomic mass is 32.2. The van der Waals surface area contributed by atoms with Gasteiger partial charge in [-0.2, -0.15) is 11.8 Å². The Hall–Kier alpha value is -1.17. The number of ether oxygens (including phenoxy) is 1. The number of methoxy groups -OCH3 is 1. The van der Waals surface area contributed by atoms with E-state index in [-0.39, 0.29) is 5.69 Å². The molecule has 0 amide bonds. The number of hydrogen-bond donors (Lipinski definition) is 1. The standard InChI is InChI=1S/C12H21N3O2S/c1-4-9-14-10(12(16)17-2)11(13)15(9)7-5-6-8-18-3/h4-8,13H2,1-3H3. The smallest absolute Gasteiger partial charge is 0.360 e. The zero-order valence-electron chi connectivity index (χ0n) is 11.2. The molecule has 6 heteroatoms. The van der Waals surface area contributed by atoms with Crippen LogP contribution < -0.4 is 5.73 Å². The van der Waals surface area contributed by atoms with Gasteiger partial charge >= 0.3 is 5.97 Å². The maximum atomic E-state index is 11.5. The zero-order valence-corrected chi connectivity index (χ0v) is 12.0. The van der Waals surface area contributed by atoms with E-state index in [0.29, 0.717) is 5.82 Å². The number of carbonyl (C=O) groups excluding carboxylic acids is 1. The minimum atomic E-state index is -0.468. The van der Waals surface area contributed by atoms with Gasteiger partial charge in [0.2, 0.25) is 0 Å². The molecule has 0 fully saturated rings. The van der Waals surface area contributed by atoms with Gasteiger partial charge in [-0.3, -0.25) is 0 Å². The molecular weight excluding hydrogens is 250 g/mol. The van der Waals surface area contributed by atoms with Crippen molar-refractivity contribution in [2.24, 2.45) is 0 Å². The number of carbonyl (C=O) groups is 1. The van der Waals surface area contributed by atoms with Gasteiger partial charge in [-0.1, -0.05) is 6.92 Å². The number of aryl methyl sites for hydroxylation is 1. The van der Waals surface area contributed by atoms with E-state index in [9.17, 15) is 4.79 Å². The summed E-state index contributed by atoms with van der Waals surface area (Å²) < 4.78 is 6.60. The molecule has 0 bridgehead atoms. The number of nitrogens with two attached hydrogens (primary N) is 1. The monoisotopic (exact) mass is 271 g/mol. The van der Waals surface area contributed by atoms with E-state index >= 15 is 0 Å². The van der Waals surface area contributed by atoms with Crippen LogP contribution in [-0.2, 0) is 17.7 Å². The molecule has 102 valence electrons. The first-order chi connectivity index (χ1) is 8.65. The van der Waals surface area contributed by atoms with Crippen molar-refractivity contribution >= 4 is 23.5 Å². The van der Waals surface area contributed by atoms with Gasteiger partial charge in [-0.15, -0.1) is 0 Å². The second kappa shape index (κ2) is 7.31. The summed E-state index contributed by atoms with van der Waals surface area (Å²) in [7, 11) is 1.34. The van der Waals surface area contributed by atoms with Crippen LogP contribution in [0, 0.1) is 0 Å². The van der Waals surface area contributed by atoms with Crippen molar-refractivity contribution in [3.63, 3.8) is 0 Å². The van der Waals surface area contributed by atoms with Gasteiger partial charge < -0.3 is 15.0 Å². The summed E-state index contributed by atoms with van der Waals surface area (Å²) in [6.45, 7) is 2.81. The number of rotatable bonds is 7. The fraction of sp³-hybridized carbons (Fsp3) is 0.667. The molecule has 1 aromatic rings. The molecule has 18 heavy (non-hydrogen) atoms. The van der Waals surface area contributed by atoms with Crippen molar-refractivity contribution in [2.45, 2.75) is 32.7 Å². The van der Waals surface area contributed by atoms with Crippen LogP contribution in [0.3, 0.4) is 0 Å². The van der Waals surface area contributed by atoms with Gasteiger partial charge in [0.1, 0.15) is 11.6 Å². The van der Waals surface area contributed by atoms with Gasteiger partial charge in [0, 0.05) is 13.0 Å². The number of nitrogens with zero attached hydrogens (tertiary/aromatic N) is 2. The molecule has 0 aliphatic heterocycles. The van der Waals surface area contributed by atoms with E-state index in [2.05, 4.69) is 16.0 Å². The second-order valence-corrected chi connectivity index (χ2v) is 4.94. The van der Waals surface area contributed by atoms with Crippen molar-refractivity contribution in [1.82, 2.24) is 9.55 Å². The third-order valence-corrected chi connectivity index (χ3v) is 3.46. The number of nitrogen functional groups attached to an aromatic ring is 1. The highest BCUT2D eigenvalue weighted by molar-refractivity contribution is 7.98. The van der Waals surface area contributed by atoms with Crippen LogP contribution in [0.1, 0.15) is 36.1 Å². The van der Waals surface area contributed by atoms with Crippen LogP contribution >= 0.6 is 11.8 Å². The van der Waals surface area contributed by atoms with Gasteiger partial charge in [0.25, 0.3) is 0 Å². The molecule has 0 aliphatic rings. The number of imidazole rings is 1. The van der Waals surface area contributed by atoms with Gasteiger partial charge in [0.15, 0.2) is 5.69 Å². The number of unbranched alkanes of at least 4 members (excludes halogenated alkanes) is 1. The molecule has 0 saturated carbocycles. The van der Waals surface area contributed by atoms with Crippen LogP contribution in [-0.4, -0.2) is 34.6 Å². The van der Waals surface area contributed by atoms with E-state index in [4.69, 9.17) is 5.73 Å². The van der Waals surface area contributed by atoms with E-state index < -0.39 is 5.97 Å². The molecule has 0 unspecified atom stereocenters. The molecule has 1 aromatic heterocycles. The van der Waals surface area contributed by atoms with Crippen LogP contribution in [0.5, 0.6) is 0 Å². The van der Waals surface area contributed by atoms with Crippen molar-refractivity contribution in [2.75, 3.05) is 24.9 Å². The highest BCUT2D eigenvalue weighted by Crippen LogP contribution is 2.17. The molecule has 0 spiro atoms. The minimum absolute atomic E-state index is 0.235. The molecule has 1 heterocycles. The fourth-order valence-corrected chi connectivity index (χ4v) is 2.29. The van der Waals surface area contributed by atoms with Crippen LogP contribution in [0.25, 0.3) is 0 Å². The van der Waals surface area contributed by atoms with E-state index in [1.807, 2.05) is 23.3 Å². The molecule has 2 N–H and O–H groups in total. The Balaban J connectivity index is 2.82. The van der Waals surface area contributed by atoms with Crippen LogP contribution in [0.4, 0.5) is 5.82 Å². The summed E-state index contributed by atoms with van der Waals surface area (Å²) in [5.41, 5.74) is 6.20. The summed E-state index contributed by atoms with van der Waals surface area (Å²) in [5, 5.41) is 0. The largest absolute Gasteiger partial charge is 0.464 e. The van der Waals surface area contributed by atoms with Gasteiger partial charge in [-0.25, -0.2) is 9.78 Å². The molecular formula is C12H21N3O2S. The average Bonchev–Trinajstić information content (AvgIpc) is 2.71. The fourth-order valence-electron chi connectivity index (χ4n) is 1.80. The normalized spacial score (nSPS) is 10.6. The number of thioether (sulfide) groups is 1. The van der Waals surface area contributed by atoms with Gasteiger partial charge in [-0.05, 0) is 24.9 Å². The Bertz CT molecular complexity index is 404. The first kappa shape index (κ1) is 14.9. The molecule has 0 aromatic carbocycles. The lowest BCUT2D eigenvalue weighted by atomic mass is 10.3. The maximum absolute atomic E-state index is 11.5. The SMILES string of the molecule is CCc1nc(C(=O)OC)c(N)n1CCCCSC. The molecule has 0 aliphatic carbocycles. The lowest BCUT2D eigenvalue weighted by Gasteiger charge is -2.08. The predicted octanol–water partition coefficient (Wildman–Crippen LogP) is 1.96. The Kier molecular flexibility index (Phi) is 6.04. The Morgan fingerprint density at radius 2 is 2.22 bits per heavy atom. The summed E-state index contributed by atoms with van der Waals surface area (Å²) in [6, 6.07) is 0. The van der Waals surface area contributed by atoms with Crippen LogP contribution in [0.2, 0.25) is 0 Å². The Labute approximate surface area is 112 Å². The lowest BCUT2D eigenvalue weighted by molar-refractivity contribution is 0.0595.